The van der Waals surface area contributed by atoms with Crippen LogP contribution in [-0.2, 0) is 32.7 Å². The smallest absolute Gasteiger partial charge is 0.462 e. The standard InChI is InChI=1S/C48H96NO8P/c1-3-5-7-9-11-13-15-17-19-21-23-25-26-28-30-32-34-36-38-40-47(50)54-44-46(45-56-58(52,53)55-43-42-49)57-48(51)41-39-37-35-33-31-29-27-24-22-20-18-16-14-12-10-8-6-4-2/h46H,3-45,49H2,1-2H3,(H,52,53)/t46-/m1/s1. The number of hydrogen-bond donors (Lipinski definition) is 2. The van der Waals surface area contributed by atoms with Crippen molar-refractivity contribution in [2.75, 3.05) is 26.4 Å². The molecule has 0 heterocycles. The molecule has 3 N–H and O–H groups in total. The van der Waals surface area contributed by atoms with E-state index in [0.717, 1.165) is 32.1 Å². The summed E-state index contributed by atoms with van der Waals surface area (Å²) >= 11 is 0. The zero-order valence-electron chi connectivity index (χ0n) is 38.3. The summed E-state index contributed by atoms with van der Waals surface area (Å²) < 4.78 is 32.9. The molecule has 0 radical (unpaired) electrons. The van der Waals surface area contributed by atoms with Crippen LogP contribution in [0.1, 0.15) is 264 Å². The molecule has 0 saturated heterocycles. The average molecular weight is 846 g/mol. The van der Waals surface area contributed by atoms with Gasteiger partial charge in [0.25, 0.3) is 0 Å². The molecule has 9 nitrogen and oxygen atoms in total. The minimum Gasteiger partial charge on any atom is -0.462 e. The Morgan fingerprint density at radius 1 is 0.448 bits per heavy atom. The molecule has 2 atom stereocenters. The van der Waals surface area contributed by atoms with Crippen LogP contribution in [0.5, 0.6) is 0 Å². The first-order chi connectivity index (χ1) is 28.3. The number of nitrogens with two attached hydrogens (primary N) is 1. The first-order valence-corrected chi connectivity index (χ1v) is 26.5. The van der Waals surface area contributed by atoms with Crippen molar-refractivity contribution in [3.8, 4) is 0 Å². The van der Waals surface area contributed by atoms with Crippen molar-refractivity contribution in [3.63, 3.8) is 0 Å². The second-order valence-corrected chi connectivity index (χ2v) is 18.5. The minimum atomic E-state index is -4.37. The third kappa shape index (κ3) is 44.6. The van der Waals surface area contributed by atoms with Gasteiger partial charge in [-0.15, -0.1) is 0 Å². The highest BCUT2D eigenvalue weighted by Crippen LogP contribution is 2.43. The predicted molar refractivity (Wildman–Crippen MR) is 243 cm³/mol. The van der Waals surface area contributed by atoms with Crippen LogP contribution in [0, 0.1) is 0 Å². The quantitative estimate of drug-likeness (QED) is 0.0349. The van der Waals surface area contributed by atoms with Crippen molar-refractivity contribution >= 4 is 19.8 Å². The maximum Gasteiger partial charge on any atom is 0.472 e. The summed E-state index contributed by atoms with van der Waals surface area (Å²) in [4.78, 5) is 35.0. The van der Waals surface area contributed by atoms with Gasteiger partial charge in [-0.2, -0.15) is 0 Å². The Labute approximate surface area is 358 Å². The Morgan fingerprint density at radius 3 is 1.05 bits per heavy atom. The van der Waals surface area contributed by atoms with Gasteiger partial charge >= 0.3 is 19.8 Å². The summed E-state index contributed by atoms with van der Waals surface area (Å²) in [6.45, 7) is 3.80. The van der Waals surface area contributed by atoms with Gasteiger partial charge in [-0.3, -0.25) is 18.6 Å². The van der Waals surface area contributed by atoms with E-state index in [9.17, 15) is 19.0 Å². The van der Waals surface area contributed by atoms with Crippen LogP contribution in [0.15, 0.2) is 0 Å². The lowest BCUT2D eigenvalue weighted by molar-refractivity contribution is -0.161. The number of unbranched alkanes of at least 4 members (excludes halogenated alkanes) is 35. The van der Waals surface area contributed by atoms with Gasteiger partial charge in [0.15, 0.2) is 6.10 Å². The zero-order valence-corrected chi connectivity index (χ0v) is 39.2. The Hall–Kier alpha value is -0.990. The third-order valence-corrected chi connectivity index (χ3v) is 12.2. The van der Waals surface area contributed by atoms with E-state index < -0.39 is 26.5 Å². The molecule has 346 valence electrons. The Kier molecular flexibility index (Phi) is 44.8. The summed E-state index contributed by atoms with van der Waals surface area (Å²) in [5, 5.41) is 0. The molecule has 0 aliphatic rings. The predicted octanol–water partition coefficient (Wildman–Crippen LogP) is 14.8. The lowest BCUT2D eigenvalue weighted by atomic mass is 10.0. The molecular formula is C48H96NO8P. The molecule has 0 bridgehead atoms. The number of esters is 2. The van der Waals surface area contributed by atoms with Crippen molar-refractivity contribution in [2.24, 2.45) is 5.73 Å². The van der Waals surface area contributed by atoms with E-state index in [1.165, 1.54) is 199 Å². The molecule has 0 saturated carbocycles. The lowest BCUT2D eigenvalue weighted by Gasteiger charge is -2.19. The van der Waals surface area contributed by atoms with Gasteiger partial charge in [0.2, 0.25) is 0 Å². The molecule has 0 rings (SSSR count). The van der Waals surface area contributed by atoms with E-state index in [2.05, 4.69) is 13.8 Å². The van der Waals surface area contributed by atoms with Crippen LogP contribution in [0.2, 0.25) is 0 Å². The molecule has 0 aliphatic heterocycles. The van der Waals surface area contributed by atoms with Crippen LogP contribution in [-0.4, -0.2) is 49.3 Å². The summed E-state index contributed by atoms with van der Waals surface area (Å²) in [6, 6.07) is 0. The van der Waals surface area contributed by atoms with Crippen molar-refractivity contribution in [3.05, 3.63) is 0 Å². The molecule has 0 aliphatic carbocycles. The molecular weight excluding hydrogens is 750 g/mol. The molecule has 0 aromatic carbocycles. The first kappa shape index (κ1) is 57.0. The monoisotopic (exact) mass is 846 g/mol. The van der Waals surface area contributed by atoms with Gasteiger partial charge in [0, 0.05) is 19.4 Å². The molecule has 0 spiro atoms. The molecule has 0 fully saturated rings. The van der Waals surface area contributed by atoms with Crippen LogP contribution in [0.3, 0.4) is 0 Å². The maximum absolute atomic E-state index is 12.6. The van der Waals surface area contributed by atoms with Crippen LogP contribution in [0.4, 0.5) is 0 Å². The normalized spacial score (nSPS) is 13.1. The fourth-order valence-corrected chi connectivity index (χ4v) is 8.29. The number of ether oxygens (including phenoxy) is 2. The molecule has 0 amide bonds. The average Bonchev–Trinajstić information content (AvgIpc) is 3.21. The minimum absolute atomic E-state index is 0.0583. The van der Waals surface area contributed by atoms with Gasteiger partial charge in [-0.05, 0) is 12.8 Å². The molecule has 0 aromatic rings. The Morgan fingerprint density at radius 2 is 0.741 bits per heavy atom. The van der Waals surface area contributed by atoms with Crippen molar-refractivity contribution in [1.82, 2.24) is 0 Å². The van der Waals surface area contributed by atoms with Crippen molar-refractivity contribution in [1.29, 1.82) is 0 Å². The van der Waals surface area contributed by atoms with Gasteiger partial charge < -0.3 is 20.1 Å². The van der Waals surface area contributed by atoms with E-state index in [-0.39, 0.29) is 38.6 Å². The van der Waals surface area contributed by atoms with Gasteiger partial charge in [-0.1, -0.05) is 239 Å². The highest BCUT2D eigenvalue weighted by molar-refractivity contribution is 7.47. The first-order valence-electron chi connectivity index (χ1n) is 25.0. The SMILES string of the molecule is CCCCCCCCCCCCCCCCCCCCCC(=O)OC[C@H](COP(=O)(O)OCCN)OC(=O)CCCCCCCCCCCCCCCCCCCC. The maximum atomic E-state index is 12.6. The van der Waals surface area contributed by atoms with E-state index >= 15 is 0 Å². The summed E-state index contributed by atoms with van der Waals surface area (Å²) in [6.07, 6.45) is 47.1. The fourth-order valence-electron chi connectivity index (χ4n) is 7.52. The number of phosphoric acid groups is 1. The largest absolute Gasteiger partial charge is 0.472 e. The highest BCUT2D eigenvalue weighted by Gasteiger charge is 2.26. The summed E-state index contributed by atoms with van der Waals surface area (Å²) in [5.41, 5.74) is 5.36. The van der Waals surface area contributed by atoms with Crippen LogP contribution < -0.4 is 5.73 Å². The van der Waals surface area contributed by atoms with E-state index in [1.54, 1.807) is 0 Å². The summed E-state index contributed by atoms with van der Waals surface area (Å²) in [7, 11) is -4.37. The number of rotatable bonds is 48. The third-order valence-electron chi connectivity index (χ3n) is 11.2. The Balaban J connectivity index is 4.00. The van der Waals surface area contributed by atoms with Gasteiger partial charge in [-0.25, -0.2) is 4.57 Å². The number of carbonyl (C=O) groups is 2. The van der Waals surface area contributed by atoms with Crippen molar-refractivity contribution in [2.45, 2.75) is 270 Å². The number of phosphoric ester groups is 1. The highest BCUT2D eigenvalue weighted by atomic mass is 31.2. The van der Waals surface area contributed by atoms with Gasteiger partial charge in [0.1, 0.15) is 6.61 Å². The Bertz CT molecular complexity index is 922. The molecule has 58 heavy (non-hydrogen) atoms. The van der Waals surface area contributed by atoms with E-state index in [4.69, 9.17) is 24.3 Å². The fraction of sp³-hybridized carbons (Fsp3) is 0.958. The second kappa shape index (κ2) is 45.5. The molecule has 1 unspecified atom stereocenters. The van der Waals surface area contributed by atoms with E-state index in [1.807, 2.05) is 0 Å². The van der Waals surface area contributed by atoms with Crippen LogP contribution in [0.25, 0.3) is 0 Å². The number of hydrogen-bond acceptors (Lipinski definition) is 8. The van der Waals surface area contributed by atoms with E-state index in [0.29, 0.717) is 6.42 Å². The van der Waals surface area contributed by atoms with Gasteiger partial charge in [0.05, 0.1) is 13.2 Å². The summed E-state index contributed by atoms with van der Waals surface area (Å²) in [5.74, 6) is -0.807. The van der Waals surface area contributed by atoms with Crippen molar-refractivity contribution < 1.29 is 37.6 Å². The number of carbonyl (C=O) groups excluding carboxylic acids is 2. The van der Waals surface area contributed by atoms with Crippen LogP contribution >= 0.6 is 7.82 Å². The molecule has 0 aromatic heterocycles. The topological polar surface area (TPSA) is 134 Å². The zero-order chi connectivity index (χ0) is 42.5. The molecule has 10 heteroatoms. The second-order valence-electron chi connectivity index (χ2n) is 17.1. The lowest BCUT2D eigenvalue weighted by Crippen LogP contribution is -2.29.